The minimum Gasteiger partial charge on any atom is -0.493 e. The van der Waals surface area contributed by atoms with Crippen molar-refractivity contribution >= 4 is 34.6 Å². The fraction of sp³-hybridized carbons (Fsp3) is 0.286. The van der Waals surface area contributed by atoms with Gasteiger partial charge >= 0.3 is 0 Å². The van der Waals surface area contributed by atoms with Gasteiger partial charge in [0, 0.05) is 16.9 Å². The van der Waals surface area contributed by atoms with Crippen LogP contribution >= 0.6 is 12.2 Å². The van der Waals surface area contributed by atoms with Crippen molar-refractivity contribution in [2.75, 3.05) is 17.3 Å². The molecule has 0 aliphatic carbocycles. The van der Waals surface area contributed by atoms with Crippen LogP contribution in [0.4, 0.5) is 11.4 Å². The van der Waals surface area contributed by atoms with E-state index in [1.165, 1.54) is 0 Å². The van der Waals surface area contributed by atoms with Crippen LogP contribution in [0.3, 0.4) is 0 Å². The summed E-state index contributed by atoms with van der Waals surface area (Å²) in [6.45, 7) is 7.99. The summed E-state index contributed by atoms with van der Waals surface area (Å²) >= 11 is 5.83. The van der Waals surface area contributed by atoms with E-state index in [0.717, 1.165) is 33.6 Å². The highest BCUT2D eigenvalue weighted by Gasteiger charge is 2.59. The third-order valence-electron chi connectivity index (χ3n) is 6.92. The standard InChI is InChI=1S/C28H29N3O3S/c1-16-9-12-19(13-10-16)31-27(35)30-24-20-7-6-8-22(33-5)25(20)34-28(31,4)23(24)26(32)29-21-14-11-17(2)15-18(21)3/h6-15,23-24H,1-5H3,(H,29,32)(H,30,35)/t23-,24-,28+/m0/s1. The van der Waals surface area contributed by atoms with Crippen LogP contribution in [0.5, 0.6) is 11.5 Å². The van der Waals surface area contributed by atoms with E-state index in [1.54, 1.807) is 7.11 Å². The molecule has 1 amide bonds. The summed E-state index contributed by atoms with van der Waals surface area (Å²) in [6.07, 6.45) is 0. The van der Waals surface area contributed by atoms with Crippen LogP contribution in [-0.2, 0) is 4.79 Å². The first-order valence-electron chi connectivity index (χ1n) is 11.6. The van der Waals surface area contributed by atoms with E-state index in [-0.39, 0.29) is 11.9 Å². The molecule has 7 heteroatoms. The summed E-state index contributed by atoms with van der Waals surface area (Å²) in [7, 11) is 1.62. The molecule has 2 bridgehead atoms. The van der Waals surface area contributed by atoms with E-state index < -0.39 is 11.6 Å². The molecule has 1 saturated heterocycles. The molecule has 0 unspecified atom stereocenters. The third kappa shape index (κ3) is 3.80. The number of hydrogen-bond acceptors (Lipinski definition) is 4. The van der Waals surface area contributed by atoms with E-state index in [0.29, 0.717) is 16.6 Å². The third-order valence-corrected chi connectivity index (χ3v) is 7.22. The van der Waals surface area contributed by atoms with Gasteiger partial charge in [-0.05, 0) is 69.7 Å². The van der Waals surface area contributed by atoms with Gasteiger partial charge in [0.1, 0.15) is 5.92 Å². The summed E-state index contributed by atoms with van der Waals surface area (Å²) in [5.74, 6) is 0.469. The van der Waals surface area contributed by atoms with Gasteiger partial charge in [-0.1, -0.05) is 47.5 Å². The van der Waals surface area contributed by atoms with Gasteiger partial charge in [0.25, 0.3) is 0 Å². The molecule has 35 heavy (non-hydrogen) atoms. The van der Waals surface area contributed by atoms with Crippen molar-refractivity contribution in [2.45, 2.75) is 39.5 Å². The lowest BCUT2D eigenvalue weighted by Crippen LogP contribution is -2.72. The number of hydrogen-bond donors (Lipinski definition) is 2. The van der Waals surface area contributed by atoms with Crippen molar-refractivity contribution in [3.8, 4) is 11.5 Å². The van der Waals surface area contributed by atoms with Crippen molar-refractivity contribution in [1.29, 1.82) is 0 Å². The van der Waals surface area contributed by atoms with Gasteiger partial charge in [0.05, 0.1) is 13.2 Å². The number of fused-ring (bicyclic) bond motifs is 4. The van der Waals surface area contributed by atoms with Crippen LogP contribution in [0.15, 0.2) is 60.7 Å². The largest absolute Gasteiger partial charge is 0.493 e. The normalized spacial score (nSPS) is 22.5. The number of nitrogens with one attached hydrogen (secondary N) is 2. The minimum absolute atomic E-state index is 0.148. The van der Waals surface area contributed by atoms with Crippen LogP contribution in [0.1, 0.15) is 35.2 Å². The molecular formula is C28H29N3O3S. The molecule has 180 valence electrons. The van der Waals surface area contributed by atoms with E-state index >= 15 is 0 Å². The molecule has 2 aliphatic rings. The summed E-state index contributed by atoms with van der Waals surface area (Å²) in [5, 5.41) is 7.11. The Labute approximate surface area is 211 Å². The lowest BCUT2D eigenvalue weighted by molar-refractivity contribution is -0.130. The molecule has 0 spiro atoms. The van der Waals surface area contributed by atoms with E-state index in [1.807, 2.05) is 87.2 Å². The number of nitrogens with zero attached hydrogens (tertiary/aromatic N) is 1. The lowest BCUT2D eigenvalue weighted by Gasteiger charge is -2.56. The number of benzene rings is 3. The highest BCUT2D eigenvalue weighted by molar-refractivity contribution is 7.80. The smallest absolute Gasteiger partial charge is 0.236 e. The van der Waals surface area contributed by atoms with Gasteiger partial charge in [0.2, 0.25) is 5.91 Å². The average molecular weight is 488 g/mol. The molecule has 1 fully saturated rings. The van der Waals surface area contributed by atoms with Gasteiger partial charge < -0.3 is 20.1 Å². The van der Waals surface area contributed by atoms with Crippen molar-refractivity contribution in [2.24, 2.45) is 5.92 Å². The number of methoxy groups -OCH3 is 1. The van der Waals surface area contributed by atoms with Gasteiger partial charge in [-0.15, -0.1) is 0 Å². The molecule has 3 atom stereocenters. The number of rotatable bonds is 4. The van der Waals surface area contributed by atoms with E-state index in [4.69, 9.17) is 21.7 Å². The SMILES string of the molecule is COc1cccc2c1O[C@]1(C)[C@H](C(=O)Nc3ccc(C)cc3C)[C@H]2NC(=S)N1c1ccc(C)cc1. The second kappa shape index (κ2) is 8.57. The van der Waals surface area contributed by atoms with Gasteiger partial charge in [-0.3, -0.25) is 9.69 Å². The van der Waals surface area contributed by atoms with Crippen LogP contribution in [-0.4, -0.2) is 23.9 Å². The summed E-state index contributed by atoms with van der Waals surface area (Å²) < 4.78 is 12.3. The highest BCUT2D eigenvalue weighted by Crippen LogP contribution is 2.52. The first-order valence-corrected chi connectivity index (χ1v) is 12.0. The van der Waals surface area contributed by atoms with Gasteiger partial charge in [-0.2, -0.15) is 0 Å². The Bertz CT molecular complexity index is 1320. The van der Waals surface area contributed by atoms with Crippen molar-refractivity contribution in [3.63, 3.8) is 0 Å². The zero-order valence-electron chi connectivity index (χ0n) is 20.5. The zero-order valence-corrected chi connectivity index (χ0v) is 21.3. The maximum absolute atomic E-state index is 14.0. The summed E-state index contributed by atoms with van der Waals surface area (Å²) in [4.78, 5) is 15.9. The monoisotopic (exact) mass is 487 g/mol. The Morgan fingerprint density at radius 2 is 1.80 bits per heavy atom. The fourth-order valence-electron chi connectivity index (χ4n) is 5.18. The molecule has 2 aliphatic heterocycles. The quantitative estimate of drug-likeness (QED) is 0.479. The second-order valence-electron chi connectivity index (χ2n) is 9.42. The van der Waals surface area contributed by atoms with Crippen molar-refractivity contribution in [1.82, 2.24) is 5.32 Å². The number of carbonyl (C=O) groups excluding carboxylic acids is 1. The number of aryl methyl sites for hydroxylation is 3. The van der Waals surface area contributed by atoms with Crippen molar-refractivity contribution in [3.05, 3.63) is 82.9 Å². The van der Waals surface area contributed by atoms with Crippen LogP contribution in [0, 0.1) is 26.7 Å². The molecule has 3 aromatic carbocycles. The number of para-hydroxylation sites is 1. The highest BCUT2D eigenvalue weighted by atomic mass is 32.1. The van der Waals surface area contributed by atoms with Gasteiger partial charge in [-0.25, -0.2) is 0 Å². The Morgan fingerprint density at radius 3 is 2.49 bits per heavy atom. The zero-order chi connectivity index (χ0) is 24.9. The molecular weight excluding hydrogens is 458 g/mol. The number of ether oxygens (including phenoxy) is 2. The van der Waals surface area contributed by atoms with Crippen LogP contribution < -0.4 is 25.0 Å². The van der Waals surface area contributed by atoms with Gasteiger partial charge in [0.15, 0.2) is 22.3 Å². The van der Waals surface area contributed by atoms with E-state index in [9.17, 15) is 4.79 Å². The number of amides is 1. The second-order valence-corrected chi connectivity index (χ2v) is 9.81. The Morgan fingerprint density at radius 1 is 1.09 bits per heavy atom. The molecule has 6 nitrogen and oxygen atoms in total. The van der Waals surface area contributed by atoms with E-state index in [2.05, 4.69) is 16.7 Å². The molecule has 2 heterocycles. The number of thiocarbonyl (C=S) groups is 1. The molecule has 3 aromatic rings. The molecule has 0 aromatic heterocycles. The topological polar surface area (TPSA) is 62.8 Å². The predicted octanol–water partition coefficient (Wildman–Crippen LogP) is 5.42. The number of carbonyl (C=O) groups is 1. The lowest BCUT2D eigenvalue weighted by atomic mass is 9.78. The Kier molecular flexibility index (Phi) is 5.68. The summed E-state index contributed by atoms with van der Waals surface area (Å²) in [6, 6.07) is 19.4. The average Bonchev–Trinajstić information content (AvgIpc) is 2.81. The van der Waals surface area contributed by atoms with Crippen molar-refractivity contribution < 1.29 is 14.3 Å². The Hall–Kier alpha value is -3.58. The predicted molar refractivity (Wildman–Crippen MR) is 142 cm³/mol. The molecule has 0 radical (unpaired) electrons. The molecule has 5 rings (SSSR count). The molecule has 2 N–H and O–H groups in total. The fourth-order valence-corrected chi connectivity index (χ4v) is 5.59. The summed E-state index contributed by atoms with van der Waals surface area (Å²) in [5.41, 5.74) is 4.64. The minimum atomic E-state index is -1.10. The Balaban J connectivity index is 1.64. The number of anilines is 2. The first-order chi connectivity index (χ1) is 16.7. The first kappa shape index (κ1) is 23.2. The maximum atomic E-state index is 14.0. The maximum Gasteiger partial charge on any atom is 0.236 e. The van der Waals surface area contributed by atoms with Crippen LogP contribution in [0.2, 0.25) is 0 Å². The van der Waals surface area contributed by atoms with Crippen LogP contribution in [0.25, 0.3) is 0 Å². The molecule has 0 saturated carbocycles.